The van der Waals surface area contributed by atoms with E-state index in [2.05, 4.69) is 0 Å². The van der Waals surface area contributed by atoms with E-state index in [4.69, 9.17) is 10.5 Å². The Labute approximate surface area is 182 Å². The largest absolute Gasteiger partial charge is 0.508 e. The number of aromatic hydroxyl groups is 1. The molecule has 3 rings (SSSR count). The maximum atomic E-state index is 12.7. The van der Waals surface area contributed by atoms with Gasteiger partial charge in [-0.2, -0.15) is 13.2 Å². The van der Waals surface area contributed by atoms with Gasteiger partial charge in [0.25, 0.3) is 0 Å². The number of ether oxygens (including phenoxy) is 1. The Morgan fingerprint density at radius 1 is 0.875 bits per heavy atom. The number of ketones is 2. The molecular weight excluding hydrogens is 423 g/mol. The SMILES string of the molecule is Nc1c(Oc2ccc(C(F)(F)F)cc2)cccc1C(=O)CCCC(=O)c1ccc(O)cc1. The highest BCUT2D eigenvalue weighted by molar-refractivity contribution is 6.02. The molecule has 0 aliphatic rings. The maximum Gasteiger partial charge on any atom is 0.416 e. The zero-order valence-electron chi connectivity index (χ0n) is 16.9. The molecule has 0 aliphatic carbocycles. The standard InChI is InChI=1S/C24H20F3NO4/c25-24(26,27)16-9-13-18(14-10-16)32-22-6-1-3-19(23(22)28)21(31)5-2-4-20(30)15-7-11-17(29)12-8-15/h1,3,6-14,29H,2,4-5,28H2. The second kappa shape index (κ2) is 9.55. The lowest BCUT2D eigenvalue weighted by Crippen LogP contribution is -2.07. The van der Waals surface area contributed by atoms with Gasteiger partial charge in [-0.1, -0.05) is 6.07 Å². The molecule has 5 nitrogen and oxygen atoms in total. The van der Waals surface area contributed by atoms with E-state index in [1.807, 2.05) is 0 Å². The van der Waals surface area contributed by atoms with E-state index in [0.717, 1.165) is 12.1 Å². The minimum absolute atomic E-state index is 0.0607. The van der Waals surface area contributed by atoms with Gasteiger partial charge in [-0.25, -0.2) is 0 Å². The van der Waals surface area contributed by atoms with Crippen LogP contribution in [0, 0.1) is 0 Å². The zero-order valence-corrected chi connectivity index (χ0v) is 16.9. The third-order valence-electron chi connectivity index (χ3n) is 4.77. The highest BCUT2D eigenvalue weighted by Crippen LogP contribution is 2.34. The Balaban J connectivity index is 1.62. The van der Waals surface area contributed by atoms with Gasteiger partial charge in [0.1, 0.15) is 11.5 Å². The average Bonchev–Trinajstić information content (AvgIpc) is 2.75. The summed E-state index contributed by atoms with van der Waals surface area (Å²) in [6.45, 7) is 0. The number of Topliss-reactive ketones (excluding diaryl/α,β-unsaturated/α-hetero) is 2. The van der Waals surface area contributed by atoms with Crippen LogP contribution in [0.25, 0.3) is 0 Å². The quantitative estimate of drug-likeness (QED) is 0.328. The number of hydrogen-bond donors (Lipinski definition) is 2. The summed E-state index contributed by atoms with van der Waals surface area (Å²) in [7, 11) is 0. The molecule has 3 aromatic carbocycles. The van der Waals surface area contributed by atoms with Crippen molar-refractivity contribution < 1.29 is 32.6 Å². The van der Waals surface area contributed by atoms with Gasteiger partial charge in [0.2, 0.25) is 0 Å². The molecule has 0 heterocycles. The van der Waals surface area contributed by atoms with Gasteiger partial charge in [0, 0.05) is 24.0 Å². The van der Waals surface area contributed by atoms with Crippen LogP contribution in [-0.4, -0.2) is 16.7 Å². The number of benzene rings is 3. The summed E-state index contributed by atoms with van der Waals surface area (Å²) in [5.74, 6) is -0.0702. The molecule has 8 heteroatoms. The number of nitrogen functional groups attached to an aromatic ring is 1. The number of rotatable bonds is 8. The fourth-order valence-corrected chi connectivity index (χ4v) is 3.05. The van der Waals surface area contributed by atoms with Crippen LogP contribution in [0.3, 0.4) is 0 Å². The molecule has 32 heavy (non-hydrogen) atoms. The van der Waals surface area contributed by atoms with E-state index in [-0.39, 0.29) is 52.9 Å². The van der Waals surface area contributed by atoms with Crippen LogP contribution in [-0.2, 0) is 6.18 Å². The van der Waals surface area contributed by atoms with Crippen molar-refractivity contribution in [1.29, 1.82) is 0 Å². The molecule has 3 N–H and O–H groups in total. The topological polar surface area (TPSA) is 89.6 Å². The number of para-hydroxylation sites is 1. The first-order chi connectivity index (χ1) is 15.1. The van der Waals surface area contributed by atoms with Crippen LogP contribution in [0.15, 0.2) is 66.7 Å². The van der Waals surface area contributed by atoms with E-state index < -0.39 is 11.7 Å². The molecule has 0 spiro atoms. The molecule has 0 aliphatic heterocycles. The average molecular weight is 443 g/mol. The minimum Gasteiger partial charge on any atom is -0.508 e. The van der Waals surface area contributed by atoms with Crippen molar-refractivity contribution in [3.8, 4) is 17.2 Å². The number of alkyl halides is 3. The molecule has 0 atom stereocenters. The fraction of sp³-hybridized carbons (Fsp3) is 0.167. The molecule has 0 saturated heterocycles. The van der Waals surface area contributed by atoms with Gasteiger partial charge in [0.05, 0.1) is 11.3 Å². The first-order valence-corrected chi connectivity index (χ1v) is 9.74. The summed E-state index contributed by atoms with van der Waals surface area (Å²) in [5, 5.41) is 9.28. The van der Waals surface area contributed by atoms with Crippen LogP contribution < -0.4 is 10.5 Å². The number of anilines is 1. The first kappa shape index (κ1) is 22.9. The molecule has 0 saturated carbocycles. The van der Waals surface area contributed by atoms with Gasteiger partial charge < -0.3 is 15.6 Å². The Kier molecular flexibility index (Phi) is 6.82. The fourth-order valence-electron chi connectivity index (χ4n) is 3.05. The molecular formula is C24H20F3NO4. The lowest BCUT2D eigenvalue weighted by Gasteiger charge is -2.12. The molecule has 0 unspecified atom stereocenters. The van der Waals surface area contributed by atoms with Gasteiger partial charge in [-0.15, -0.1) is 0 Å². The summed E-state index contributed by atoms with van der Waals surface area (Å²) in [6, 6.07) is 14.6. The second-order valence-corrected chi connectivity index (χ2v) is 7.09. The zero-order chi connectivity index (χ0) is 23.3. The van der Waals surface area contributed by atoms with E-state index in [1.54, 1.807) is 6.07 Å². The number of carbonyl (C=O) groups excluding carboxylic acids is 2. The smallest absolute Gasteiger partial charge is 0.416 e. The molecule has 0 radical (unpaired) electrons. The van der Waals surface area contributed by atoms with Crippen LogP contribution in [0.2, 0.25) is 0 Å². The van der Waals surface area contributed by atoms with Crippen molar-refractivity contribution in [3.05, 3.63) is 83.4 Å². The first-order valence-electron chi connectivity index (χ1n) is 9.74. The van der Waals surface area contributed by atoms with Crippen LogP contribution in [0.5, 0.6) is 17.2 Å². The third-order valence-corrected chi connectivity index (χ3v) is 4.77. The van der Waals surface area contributed by atoms with E-state index in [1.165, 1.54) is 48.5 Å². The van der Waals surface area contributed by atoms with Crippen molar-refractivity contribution in [3.63, 3.8) is 0 Å². The number of carbonyl (C=O) groups is 2. The lowest BCUT2D eigenvalue weighted by molar-refractivity contribution is -0.137. The van der Waals surface area contributed by atoms with E-state index in [9.17, 15) is 27.9 Å². The number of phenols is 1. The predicted octanol–water partition coefficient (Wildman–Crippen LogP) is 6.02. The molecule has 0 bridgehead atoms. The van der Waals surface area contributed by atoms with Crippen LogP contribution in [0.1, 0.15) is 45.5 Å². The monoisotopic (exact) mass is 443 g/mol. The summed E-state index contributed by atoms with van der Waals surface area (Å²) in [5.41, 5.74) is 5.98. The Morgan fingerprint density at radius 3 is 2.12 bits per heavy atom. The van der Waals surface area contributed by atoms with Crippen molar-refractivity contribution in [1.82, 2.24) is 0 Å². The summed E-state index contributed by atoms with van der Waals surface area (Å²) >= 11 is 0. The van der Waals surface area contributed by atoms with Crippen molar-refractivity contribution in [2.75, 3.05) is 5.73 Å². The Bertz CT molecular complexity index is 1110. The number of phenolic OH excluding ortho intramolecular Hbond substituents is 1. The predicted molar refractivity (Wildman–Crippen MR) is 113 cm³/mol. The summed E-state index contributed by atoms with van der Waals surface area (Å²) < 4.78 is 43.6. The maximum absolute atomic E-state index is 12.7. The third kappa shape index (κ3) is 5.66. The molecule has 0 aromatic heterocycles. The van der Waals surface area contributed by atoms with Crippen molar-refractivity contribution in [2.45, 2.75) is 25.4 Å². The lowest BCUT2D eigenvalue weighted by atomic mass is 10.0. The molecule has 0 fully saturated rings. The summed E-state index contributed by atoms with van der Waals surface area (Å²) in [4.78, 5) is 24.8. The normalized spacial score (nSPS) is 11.2. The van der Waals surface area contributed by atoms with Crippen LogP contribution in [0.4, 0.5) is 18.9 Å². The molecule has 3 aromatic rings. The number of halogens is 3. The number of hydrogen-bond acceptors (Lipinski definition) is 5. The van der Waals surface area contributed by atoms with Gasteiger partial charge in [-0.05, 0) is 67.1 Å². The van der Waals surface area contributed by atoms with Crippen LogP contribution >= 0.6 is 0 Å². The minimum atomic E-state index is -4.45. The highest BCUT2D eigenvalue weighted by atomic mass is 19.4. The number of nitrogens with two attached hydrogens (primary N) is 1. The van der Waals surface area contributed by atoms with Gasteiger partial charge in [-0.3, -0.25) is 9.59 Å². The van der Waals surface area contributed by atoms with Crippen molar-refractivity contribution >= 4 is 17.3 Å². The van der Waals surface area contributed by atoms with Gasteiger partial charge in [0.15, 0.2) is 17.3 Å². The van der Waals surface area contributed by atoms with Gasteiger partial charge >= 0.3 is 6.18 Å². The molecule has 166 valence electrons. The van der Waals surface area contributed by atoms with E-state index >= 15 is 0 Å². The second-order valence-electron chi connectivity index (χ2n) is 7.09. The highest BCUT2D eigenvalue weighted by Gasteiger charge is 2.30. The van der Waals surface area contributed by atoms with Crippen molar-refractivity contribution in [2.24, 2.45) is 0 Å². The Hall–Kier alpha value is -3.81. The van der Waals surface area contributed by atoms with E-state index in [0.29, 0.717) is 12.0 Å². The Morgan fingerprint density at radius 2 is 1.50 bits per heavy atom. The molecule has 0 amide bonds. The summed E-state index contributed by atoms with van der Waals surface area (Å²) in [6.07, 6.45) is -3.91.